The van der Waals surface area contributed by atoms with Gasteiger partial charge in [-0.1, -0.05) is 64.0 Å². The molecule has 9 nitrogen and oxygen atoms in total. The molecule has 0 aliphatic carbocycles. The molecule has 0 radical (unpaired) electrons. The second-order valence-corrected chi connectivity index (χ2v) is 11.4. The normalized spacial score (nSPS) is 11.6. The van der Waals surface area contributed by atoms with Gasteiger partial charge in [-0.25, -0.2) is 13.8 Å². The van der Waals surface area contributed by atoms with Crippen LogP contribution in [0.5, 0.6) is 0 Å². The first kappa shape index (κ1) is 28.0. The lowest BCUT2D eigenvalue weighted by Gasteiger charge is -2.21. The van der Waals surface area contributed by atoms with Crippen LogP contribution in [0.4, 0.5) is 5.69 Å². The van der Waals surface area contributed by atoms with E-state index in [1.807, 2.05) is 37.3 Å². The van der Waals surface area contributed by atoms with Gasteiger partial charge in [0.05, 0.1) is 17.7 Å². The van der Waals surface area contributed by atoms with E-state index in [2.05, 4.69) is 31.8 Å². The summed E-state index contributed by atoms with van der Waals surface area (Å²) in [6.45, 7) is 2.01. The van der Waals surface area contributed by atoms with Gasteiger partial charge in [-0.3, -0.25) is 9.59 Å². The fourth-order valence-electron chi connectivity index (χ4n) is 3.52. The molecule has 0 spiro atoms. The second kappa shape index (κ2) is 12.7. The van der Waals surface area contributed by atoms with Crippen LogP contribution in [-0.4, -0.2) is 30.8 Å². The Balaban J connectivity index is 1.42. The molecule has 0 atom stereocenters. The number of aryl methyl sites for hydroxylation is 1. The number of carbonyl (C=O) groups excluding carboxylic acids is 2. The average Bonchev–Trinajstić information content (AvgIpc) is 3.37. The number of nitrogens with one attached hydrogen (secondary N) is 2. The lowest BCUT2D eigenvalue weighted by atomic mass is 10.2. The summed E-state index contributed by atoms with van der Waals surface area (Å²) < 4.78 is 34.9. The van der Waals surface area contributed by atoms with Crippen molar-refractivity contribution in [3.05, 3.63) is 118 Å². The van der Waals surface area contributed by atoms with Crippen molar-refractivity contribution in [2.45, 2.75) is 24.9 Å². The van der Waals surface area contributed by atoms with Crippen LogP contribution in [0.2, 0.25) is 0 Å². The van der Waals surface area contributed by atoms with E-state index < -0.39 is 21.8 Å². The van der Waals surface area contributed by atoms with Crippen molar-refractivity contribution in [3.8, 4) is 0 Å². The van der Waals surface area contributed by atoms with E-state index >= 15 is 0 Å². The van der Waals surface area contributed by atoms with E-state index in [4.69, 9.17) is 4.42 Å². The predicted molar refractivity (Wildman–Crippen MR) is 151 cm³/mol. The summed E-state index contributed by atoms with van der Waals surface area (Å²) in [6, 6.07) is 25.9. The Morgan fingerprint density at radius 1 is 0.897 bits per heavy atom. The van der Waals surface area contributed by atoms with Gasteiger partial charge in [-0.2, -0.15) is 9.41 Å². The molecule has 4 aromatic rings. The Morgan fingerprint density at radius 3 is 2.28 bits per heavy atom. The summed E-state index contributed by atoms with van der Waals surface area (Å²) in [5, 5.41) is 6.23. The Bertz CT molecular complexity index is 1570. The Labute approximate surface area is 234 Å². The predicted octanol–water partition coefficient (Wildman–Crippen LogP) is 4.83. The summed E-state index contributed by atoms with van der Waals surface area (Å²) in [6.07, 6.45) is 1.23. The summed E-state index contributed by atoms with van der Waals surface area (Å²) in [4.78, 5) is 24.3. The van der Waals surface area contributed by atoms with Gasteiger partial charge in [0, 0.05) is 16.7 Å². The molecule has 0 saturated carbocycles. The number of amides is 2. The highest BCUT2D eigenvalue weighted by atomic mass is 79.9. The standard InChI is InChI=1S/C28H25BrN4O5S/c1-20-7-15-26(16-8-20)39(36,37)33(18-21-5-3-2-4-6-21)19-25-14-13-24(38-25)17-30-32-28(35)27(34)31-23-11-9-22(29)10-12-23/h2-17H,18-19H2,1H3,(H,31,34)(H,32,35)/b30-17+. The third-order valence-electron chi connectivity index (χ3n) is 5.54. The van der Waals surface area contributed by atoms with Gasteiger partial charge >= 0.3 is 11.8 Å². The second-order valence-electron chi connectivity index (χ2n) is 8.54. The average molecular weight is 610 g/mol. The van der Waals surface area contributed by atoms with Crippen molar-refractivity contribution < 1.29 is 22.4 Å². The minimum Gasteiger partial charge on any atom is -0.459 e. The van der Waals surface area contributed by atoms with Crippen molar-refractivity contribution in [3.63, 3.8) is 0 Å². The summed E-state index contributed by atoms with van der Waals surface area (Å²) in [5.74, 6) is -1.19. The first-order valence-electron chi connectivity index (χ1n) is 11.8. The van der Waals surface area contributed by atoms with Gasteiger partial charge in [-0.15, -0.1) is 0 Å². The molecular weight excluding hydrogens is 584 g/mol. The third-order valence-corrected chi connectivity index (χ3v) is 7.88. The highest BCUT2D eigenvalue weighted by Crippen LogP contribution is 2.22. The number of benzene rings is 3. The molecule has 4 rings (SSSR count). The zero-order valence-electron chi connectivity index (χ0n) is 20.9. The van der Waals surface area contributed by atoms with Gasteiger partial charge in [0.15, 0.2) is 0 Å². The number of hydrogen-bond acceptors (Lipinski definition) is 6. The van der Waals surface area contributed by atoms with Crippen LogP contribution in [0.15, 0.2) is 110 Å². The van der Waals surface area contributed by atoms with Crippen LogP contribution < -0.4 is 10.7 Å². The number of hydrazone groups is 1. The molecule has 11 heteroatoms. The van der Waals surface area contributed by atoms with E-state index in [0.29, 0.717) is 11.4 Å². The molecule has 1 aromatic heterocycles. The van der Waals surface area contributed by atoms with E-state index in [0.717, 1.165) is 15.6 Å². The molecule has 0 aliphatic heterocycles. The summed E-state index contributed by atoms with van der Waals surface area (Å²) in [7, 11) is -3.84. The smallest absolute Gasteiger partial charge is 0.329 e. The lowest BCUT2D eigenvalue weighted by Crippen LogP contribution is -2.32. The molecule has 0 fully saturated rings. The van der Waals surface area contributed by atoms with Crippen molar-refractivity contribution in [1.29, 1.82) is 0 Å². The number of rotatable bonds is 9. The highest BCUT2D eigenvalue weighted by Gasteiger charge is 2.26. The molecule has 0 unspecified atom stereocenters. The first-order valence-corrected chi connectivity index (χ1v) is 14.0. The Hall–Kier alpha value is -4.06. The van der Waals surface area contributed by atoms with Crippen LogP contribution in [0, 0.1) is 6.92 Å². The lowest BCUT2D eigenvalue weighted by molar-refractivity contribution is -0.136. The number of halogens is 1. The van der Waals surface area contributed by atoms with E-state index in [1.54, 1.807) is 60.7 Å². The van der Waals surface area contributed by atoms with Gasteiger partial charge < -0.3 is 9.73 Å². The van der Waals surface area contributed by atoms with Gasteiger partial charge in [0.1, 0.15) is 11.5 Å². The van der Waals surface area contributed by atoms with E-state index in [9.17, 15) is 18.0 Å². The minimum absolute atomic E-state index is 0.0269. The SMILES string of the molecule is Cc1ccc(S(=O)(=O)N(Cc2ccccc2)Cc2ccc(/C=N/NC(=O)C(=O)Nc3ccc(Br)cc3)o2)cc1. The molecule has 1 heterocycles. The van der Waals surface area contributed by atoms with Crippen LogP contribution >= 0.6 is 15.9 Å². The van der Waals surface area contributed by atoms with Gasteiger partial charge in [-0.05, 0) is 61.0 Å². The molecule has 0 bridgehead atoms. The molecule has 3 aromatic carbocycles. The van der Waals surface area contributed by atoms with Crippen molar-refractivity contribution in [2.24, 2.45) is 5.10 Å². The summed E-state index contributed by atoms with van der Waals surface area (Å²) in [5.41, 5.74) is 4.38. The van der Waals surface area contributed by atoms with Crippen molar-refractivity contribution >= 4 is 49.7 Å². The fourth-order valence-corrected chi connectivity index (χ4v) is 5.18. The Morgan fingerprint density at radius 2 is 1.59 bits per heavy atom. The summed E-state index contributed by atoms with van der Waals surface area (Å²) >= 11 is 3.30. The maximum atomic E-state index is 13.5. The molecule has 2 amide bonds. The van der Waals surface area contributed by atoms with E-state index in [-0.39, 0.29) is 23.7 Å². The zero-order valence-corrected chi connectivity index (χ0v) is 23.3. The molecule has 2 N–H and O–H groups in total. The molecule has 200 valence electrons. The van der Waals surface area contributed by atoms with Crippen molar-refractivity contribution in [1.82, 2.24) is 9.73 Å². The number of hydrogen-bond donors (Lipinski definition) is 2. The van der Waals surface area contributed by atoms with Crippen LogP contribution in [-0.2, 0) is 32.7 Å². The quantitative estimate of drug-likeness (QED) is 0.160. The molecule has 0 saturated heterocycles. The minimum atomic E-state index is -3.84. The first-order chi connectivity index (χ1) is 18.7. The van der Waals surface area contributed by atoms with Gasteiger partial charge in [0.2, 0.25) is 10.0 Å². The monoisotopic (exact) mass is 608 g/mol. The molecule has 39 heavy (non-hydrogen) atoms. The maximum absolute atomic E-state index is 13.5. The number of furan rings is 1. The van der Waals surface area contributed by atoms with E-state index in [1.165, 1.54) is 10.5 Å². The van der Waals surface area contributed by atoms with Crippen LogP contribution in [0.1, 0.15) is 22.6 Å². The number of anilines is 1. The number of nitrogens with zero attached hydrogens (tertiary/aromatic N) is 2. The van der Waals surface area contributed by atoms with Crippen LogP contribution in [0.25, 0.3) is 0 Å². The fraction of sp³-hybridized carbons (Fsp3) is 0.107. The number of sulfonamides is 1. The number of carbonyl (C=O) groups is 2. The zero-order chi connectivity index (χ0) is 27.8. The molecular formula is C28H25BrN4O5S. The topological polar surface area (TPSA) is 121 Å². The Kier molecular flexibility index (Phi) is 9.07. The third kappa shape index (κ3) is 7.73. The van der Waals surface area contributed by atoms with Crippen molar-refractivity contribution in [2.75, 3.05) is 5.32 Å². The van der Waals surface area contributed by atoms with Crippen LogP contribution in [0.3, 0.4) is 0 Å². The largest absolute Gasteiger partial charge is 0.459 e. The maximum Gasteiger partial charge on any atom is 0.329 e. The molecule has 0 aliphatic rings. The van der Waals surface area contributed by atoms with Gasteiger partial charge in [0.25, 0.3) is 0 Å². The highest BCUT2D eigenvalue weighted by molar-refractivity contribution is 9.10.